The summed E-state index contributed by atoms with van der Waals surface area (Å²) in [6.45, 7) is 22.8. The van der Waals surface area contributed by atoms with Crippen molar-refractivity contribution >= 4 is 0 Å². The van der Waals surface area contributed by atoms with E-state index >= 15 is 0 Å². The van der Waals surface area contributed by atoms with Crippen LogP contribution in [0.4, 0.5) is 0 Å². The average molecular weight is 230 g/mol. The monoisotopic (exact) mass is 230 g/mol. The van der Waals surface area contributed by atoms with E-state index in [9.17, 15) is 0 Å². The van der Waals surface area contributed by atoms with Gasteiger partial charge in [-0.3, -0.25) is 0 Å². The lowest BCUT2D eigenvalue weighted by Gasteiger charge is -1.94. The number of allylic oxidation sites excluding steroid dienone is 1. The molecule has 0 spiro atoms. The van der Waals surface area contributed by atoms with Crippen LogP contribution in [0.5, 0.6) is 0 Å². The Kier molecular flexibility index (Phi) is 45.5. The quantitative estimate of drug-likeness (QED) is 0.463. The molecule has 0 radical (unpaired) electrons. The number of hydrogen-bond acceptors (Lipinski definition) is 0. The molecule has 0 N–H and O–H groups in total. The maximum Gasteiger partial charge on any atom is -0.0326 e. The number of rotatable bonds is 4. The van der Waals surface area contributed by atoms with Gasteiger partial charge in [-0.1, -0.05) is 87.3 Å². The van der Waals surface area contributed by atoms with Gasteiger partial charge >= 0.3 is 0 Å². The molecular formula is C16H38. The Bertz CT molecular complexity index is 90.2. The van der Waals surface area contributed by atoms with Gasteiger partial charge in [0.2, 0.25) is 0 Å². The molecule has 0 nitrogen and oxygen atoms in total. The molecule has 0 bridgehead atoms. The molecule has 0 unspecified atom stereocenters. The molecule has 0 heteroatoms. The minimum atomic E-state index is 0.884. The van der Waals surface area contributed by atoms with Crippen LogP contribution in [0.15, 0.2) is 12.2 Å². The molecule has 0 aliphatic rings. The Balaban J connectivity index is -0.0000000704. The van der Waals surface area contributed by atoms with E-state index in [1.165, 1.54) is 24.8 Å². The normalized spacial score (nSPS) is 7.62. The second-order valence-corrected chi connectivity index (χ2v) is 3.66. The fourth-order valence-electron chi connectivity index (χ4n) is 0.530. The minimum Gasteiger partial charge on any atom is -0.0999 e. The summed E-state index contributed by atoms with van der Waals surface area (Å²) in [7, 11) is 0. The van der Waals surface area contributed by atoms with Gasteiger partial charge in [-0.2, -0.15) is 0 Å². The van der Waals surface area contributed by atoms with E-state index in [0.717, 1.165) is 12.3 Å². The van der Waals surface area contributed by atoms with E-state index in [2.05, 4.69) is 41.2 Å². The van der Waals surface area contributed by atoms with E-state index in [4.69, 9.17) is 0 Å². The Hall–Kier alpha value is -0.260. The van der Waals surface area contributed by atoms with Gasteiger partial charge in [-0.05, 0) is 18.8 Å². The Morgan fingerprint density at radius 2 is 1.25 bits per heavy atom. The molecule has 0 atom stereocenters. The van der Waals surface area contributed by atoms with Gasteiger partial charge in [0, 0.05) is 0 Å². The highest BCUT2D eigenvalue weighted by Gasteiger charge is 1.83. The van der Waals surface area contributed by atoms with Crippen molar-refractivity contribution < 1.29 is 0 Å². The summed E-state index contributed by atoms with van der Waals surface area (Å²) < 4.78 is 0. The van der Waals surface area contributed by atoms with Crippen LogP contribution in [-0.2, 0) is 0 Å². The summed E-state index contributed by atoms with van der Waals surface area (Å²) in [6.07, 6.45) is 4.90. The molecule has 16 heavy (non-hydrogen) atoms. The lowest BCUT2D eigenvalue weighted by molar-refractivity contribution is 0.626. The van der Waals surface area contributed by atoms with Gasteiger partial charge in [0.25, 0.3) is 0 Å². The molecule has 0 saturated carbocycles. The van der Waals surface area contributed by atoms with Gasteiger partial charge in [-0.15, -0.1) is 0 Å². The fourth-order valence-corrected chi connectivity index (χ4v) is 0.530. The first-order chi connectivity index (χ1) is 7.58. The zero-order valence-electron chi connectivity index (χ0n) is 13.6. The highest BCUT2D eigenvalue weighted by atomic mass is 13.9. The maximum absolute atomic E-state index is 3.86. The van der Waals surface area contributed by atoms with Crippen molar-refractivity contribution in [1.29, 1.82) is 0 Å². The van der Waals surface area contributed by atoms with Gasteiger partial charge in [0.05, 0.1) is 0 Å². The summed E-state index contributed by atoms with van der Waals surface area (Å²) in [5.41, 5.74) is 1.38. The van der Waals surface area contributed by atoms with Crippen molar-refractivity contribution in [1.82, 2.24) is 0 Å². The fraction of sp³-hybridized carbons (Fsp3) is 0.875. The molecule has 0 aliphatic carbocycles. The lowest BCUT2D eigenvalue weighted by atomic mass is 10.1. The van der Waals surface area contributed by atoms with E-state index in [1.54, 1.807) is 0 Å². The molecule has 0 amide bonds. The minimum absolute atomic E-state index is 0.884. The first-order valence-corrected chi connectivity index (χ1v) is 7.24. The van der Waals surface area contributed by atoms with Crippen LogP contribution in [0.1, 0.15) is 88.0 Å². The molecule has 0 rings (SSSR count). The van der Waals surface area contributed by atoms with E-state index < -0.39 is 0 Å². The maximum atomic E-state index is 3.86. The van der Waals surface area contributed by atoms with Gasteiger partial charge in [0.15, 0.2) is 0 Å². The molecule has 0 aliphatic heterocycles. The SMILES string of the molecule is C=C(CC)CCC.CC.CC.CCC(C)C. The zero-order chi connectivity index (χ0) is 14.0. The van der Waals surface area contributed by atoms with Crippen LogP contribution in [0.3, 0.4) is 0 Å². The van der Waals surface area contributed by atoms with Gasteiger partial charge in [-0.25, -0.2) is 0 Å². The third kappa shape index (κ3) is 49.1. The zero-order valence-corrected chi connectivity index (χ0v) is 13.6. The largest absolute Gasteiger partial charge is 0.0999 e. The first kappa shape index (κ1) is 24.8. The van der Waals surface area contributed by atoms with Crippen LogP contribution in [-0.4, -0.2) is 0 Å². The summed E-state index contributed by atoms with van der Waals surface area (Å²) in [5.74, 6) is 0.884. The van der Waals surface area contributed by atoms with Crippen molar-refractivity contribution in [2.45, 2.75) is 88.0 Å². The topological polar surface area (TPSA) is 0 Å². The van der Waals surface area contributed by atoms with Crippen LogP contribution in [0.2, 0.25) is 0 Å². The highest BCUT2D eigenvalue weighted by Crippen LogP contribution is 2.03. The first-order valence-electron chi connectivity index (χ1n) is 7.24. The van der Waals surface area contributed by atoms with Crippen LogP contribution in [0.25, 0.3) is 0 Å². The summed E-state index contributed by atoms with van der Waals surface area (Å²) in [4.78, 5) is 0. The summed E-state index contributed by atoms with van der Waals surface area (Å²) in [6, 6.07) is 0. The van der Waals surface area contributed by atoms with Crippen LogP contribution in [0, 0.1) is 5.92 Å². The standard InChI is InChI=1S/C7H14.C5H12.2C2H6/c1-4-6-7(3)5-2;1-4-5(2)3;2*1-2/h3-6H2,1-2H3;5H,4H2,1-3H3;2*1-2H3. The van der Waals surface area contributed by atoms with Crippen molar-refractivity contribution in [2.75, 3.05) is 0 Å². The van der Waals surface area contributed by atoms with Gasteiger partial charge in [0.1, 0.15) is 0 Å². The van der Waals surface area contributed by atoms with Crippen molar-refractivity contribution in [3.8, 4) is 0 Å². The second kappa shape index (κ2) is 29.3. The summed E-state index contributed by atoms with van der Waals surface area (Å²) >= 11 is 0. The average Bonchev–Trinajstić information content (AvgIpc) is 2.35. The third-order valence-corrected chi connectivity index (χ3v) is 1.92. The molecule has 102 valence electrons. The number of hydrogen-bond donors (Lipinski definition) is 0. The molecular weight excluding hydrogens is 192 g/mol. The summed E-state index contributed by atoms with van der Waals surface area (Å²) in [5, 5.41) is 0. The van der Waals surface area contributed by atoms with E-state index in [0.29, 0.717) is 0 Å². The third-order valence-electron chi connectivity index (χ3n) is 1.92. The second-order valence-electron chi connectivity index (χ2n) is 3.66. The molecule has 0 aromatic heterocycles. The lowest BCUT2D eigenvalue weighted by Crippen LogP contribution is -1.77. The smallest absolute Gasteiger partial charge is 0.0326 e. The molecule has 0 fully saturated rings. The molecule has 0 aromatic carbocycles. The van der Waals surface area contributed by atoms with Crippen molar-refractivity contribution in [3.05, 3.63) is 12.2 Å². The predicted molar refractivity (Wildman–Crippen MR) is 82.2 cm³/mol. The van der Waals surface area contributed by atoms with Crippen LogP contribution < -0.4 is 0 Å². The van der Waals surface area contributed by atoms with Gasteiger partial charge < -0.3 is 0 Å². The Labute approximate surface area is 107 Å². The predicted octanol–water partition coefficient (Wildman–Crippen LogP) is 6.86. The molecule has 0 aromatic rings. The van der Waals surface area contributed by atoms with E-state index in [-0.39, 0.29) is 0 Å². The molecule has 0 saturated heterocycles. The molecule has 0 heterocycles. The Morgan fingerprint density at radius 3 is 1.31 bits per heavy atom. The van der Waals surface area contributed by atoms with Crippen molar-refractivity contribution in [2.24, 2.45) is 5.92 Å². The van der Waals surface area contributed by atoms with Crippen LogP contribution >= 0.6 is 0 Å². The van der Waals surface area contributed by atoms with E-state index in [1.807, 2.05) is 27.7 Å². The van der Waals surface area contributed by atoms with Crippen molar-refractivity contribution in [3.63, 3.8) is 0 Å². The highest BCUT2D eigenvalue weighted by molar-refractivity contribution is 4.91. The Morgan fingerprint density at radius 1 is 0.938 bits per heavy atom.